The van der Waals surface area contributed by atoms with Crippen LogP contribution in [-0.2, 0) is 9.59 Å². The molecule has 26 heavy (non-hydrogen) atoms. The van der Waals surface area contributed by atoms with E-state index in [2.05, 4.69) is 20.8 Å². The first-order chi connectivity index (χ1) is 12.4. The number of thioether (sulfide) groups is 1. The van der Waals surface area contributed by atoms with Gasteiger partial charge in [-0.2, -0.15) is 0 Å². The molecule has 0 saturated heterocycles. The summed E-state index contributed by atoms with van der Waals surface area (Å²) in [6, 6.07) is 7.26. The number of benzene rings is 1. The van der Waals surface area contributed by atoms with E-state index in [1.54, 1.807) is 31.3 Å². The molecule has 0 fully saturated rings. The summed E-state index contributed by atoms with van der Waals surface area (Å²) < 4.78 is 5.93. The molecule has 1 atom stereocenters. The van der Waals surface area contributed by atoms with E-state index in [4.69, 9.17) is 4.52 Å². The van der Waals surface area contributed by atoms with Gasteiger partial charge in [0.25, 0.3) is 0 Å². The highest BCUT2D eigenvalue weighted by Gasteiger charge is 2.17. The van der Waals surface area contributed by atoms with Crippen molar-refractivity contribution in [2.45, 2.75) is 26.0 Å². The highest BCUT2D eigenvalue weighted by Crippen LogP contribution is 2.25. The minimum Gasteiger partial charge on any atom is -0.360 e. The zero-order chi connectivity index (χ0) is 18.7. The number of hydrogen-bond donors (Lipinski definition) is 2. The number of anilines is 2. The van der Waals surface area contributed by atoms with Crippen LogP contribution in [0, 0.1) is 13.8 Å². The number of nitrogens with one attached hydrogen (secondary N) is 2. The fraction of sp³-hybridized carbons (Fsp3) is 0.294. The molecule has 1 aromatic carbocycles. The molecule has 2 amide bonds. The maximum absolute atomic E-state index is 12.1. The minimum atomic E-state index is -0.399. The second-order valence-corrected chi connectivity index (χ2v) is 8.29. The minimum absolute atomic E-state index is 0.160. The second kappa shape index (κ2) is 7.88. The Hall–Kier alpha value is -2.39. The van der Waals surface area contributed by atoms with Crippen LogP contribution in [0.1, 0.15) is 17.7 Å². The van der Waals surface area contributed by atoms with Gasteiger partial charge in [-0.3, -0.25) is 9.59 Å². The number of carbonyl (C=O) groups is 2. The van der Waals surface area contributed by atoms with Gasteiger partial charge in [0.05, 0.1) is 26.2 Å². The van der Waals surface area contributed by atoms with Gasteiger partial charge in [-0.1, -0.05) is 5.16 Å². The van der Waals surface area contributed by atoms with Crippen LogP contribution in [0.2, 0.25) is 0 Å². The third kappa shape index (κ3) is 4.61. The third-order valence-corrected chi connectivity index (χ3v) is 5.57. The predicted octanol–water partition coefficient (Wildman–Crippen LogP) is 3.60. The summed E-state index contributed by atoms with van der Waals surface area (Å²) in [6.07, 6.45) is 0. The number of aromatic nitrogens is 2. The van der Waals surface area contributed by atoms with Crippen molar-refractivity contribution in [1.29, 1.82) is 0 Å². The predicted molar refractivity (Wildman–Crippen MR) is 105 cm³/mol. The molecule has 7 nitrogen and oxygen atoms in total. The van der Waals surface area contributed by atoms with Gasteiger partial charge in [-0.25, -0.2) is 4.98 Å². The zero-order valence-electron chi connectivity index (χ0n) is 14.5. The fourth-order valence-electron chi connectivity index (χ4n) is 2.24. The lowest BCUT2D eigenvalue weighted by Crippen LogP contribution is -2.25. The lowest BCUT2D eigenvalue weighted by molar-refractivity contribution is -0.115. The molecule has 0 unspecified atom stereocenters. The van der Waals surface area contributed by atoms with Crippen molar-refractivity contribution in [2.75, 3.05) is 16.4 Å². The summed E-state index contributed by atoms with van der Waals surface area (Å²) in [5, 5.41) is 9.81. The van der Waals surface area contributed by atoms with Gasteiger partial charge in [0.15, 0.2) is 5.82 Å². The molecule has 9 heteroatoms. The van der Waals surface area contributed by atoms with Crippen LogP contribution in [0.25, 0.3) is 10.2 Å². The molecular weight excluding hydrogens is 372 g/mol. The Morgan fingerprint density at radius 3 is 2.81 bits per heavy atom. The Kier molecular flexibility index (Phi) is 5.58. The van der Waals surface area contributed by atoms with E-state index < -0.39 is 5.25 Å². The van der Waals surface area contributed by atoms with Crippen LogP contribution < -0.4 is 10.6 Å². The van der Waals surface area contributed by atoms with Crippen molar-refractivity contribution in [3.63, 3.8) is 0 Å². The molecule has 2 aromatic heterocycles. The monoisotopic (exact) mass is 390 g/mol. The summed E-state index contributed by atoms with van der Waals surface area (Å²) in [4.78, 5) is 28.6. The molecule has 0 aliphatic rings. The van der Waals surface area contributed by atoms with Gasteiger partial charge in [-0.05, 0) is 39.0 Å². The standard InChI is InChI=1S/C17H18N4O3S2/c1-9-6-15(21-24-9)20-17(23)10(2)25-8-16(22)19-12-4-5-13-14(7-12)26-11(3)18-13/h4-7,10H,8H2,1-3H3,(H,19,22)(H,20,21,23)/t10-/m0/s1. The fourth-order valence-corrected chi connectivity index (χ4v) is 3.79. The highest BCUT2D eigenvalue weighted by atomic mass is 32.2. The summed E-state index contributed by atoms with van der Waals surface area (Å²) in [5.41, 5.74) is 1.65. The molecule has 0 saturated carbocycles. The maximum atomic E-state index is 12.1. The Labute approximate surface area is 158 Å². The van der Waals surface area contributed by atoms with Crippen LogP contribution in [0.5, 0.6) is 0 Å². The van der Waals surface area contributed by atoms with Crippen LogP contribution in [0.3, 0.4) is 0 Å². The molecule has 3 aromatic rings. The molecule has 3 rings (SSSR count). The first-order valence-corrected chi connectivity index (χ1v) is 9.80. The van der Waals surface area contributed by atoms with Gasteiger partial charge in [0.2, 0.25) is 11.8 Å². The molecule has 0 aliphatic carbocycles. The van der Waals surface area contributed by atoms with E-state index in [9.17, 15) is 9.59 Å². The Bertz CT molecular complexity index is 951. The van der Waals surface area contributed by atoms with Crippen LogP contribution >= 0.6 is 23.1 Å². The average Bonchev–Trinajstić information content (AvgIpc) is 3.16. The van der Waals surface area contributed by atoms with Crippen LogP contribution in [0.15, 0.2) is 28.8 Å². The Balaban J connectivity index is 1.50. The van der Waals surface area contributed by atoms with Gasteiger partial charge in [-0.15, -0.1) is 23.1 Å². The summed E-state index contributed by atoms with van der Waals surface area (Å²) in [7, 11) is 0. The molecule has 136 valence electrons. The number of thiazole rings is 1. The molecular formula is C17H18N4O3S2. The SMILES string of the molecule is Cc1cc(NC(=O)[C@H](C)SCC(=O)Nc2ccc3nc(C)sc3c2)no1. The lowest BCUT2D eigenvalue weighted by atomic mass is 10.3. The number of rotatable bonds is 6. The normalized spacial score (nSPS) is 12.1. The maximum Gasteiger partial charge on any atom is 0.238 e. The number of nitrogens with zero attached hydrogens (tertiary/aromatic N) is 2. The average molecular weight is 390 g/mol. The first kappa shape index (κ1) is 18.4. The number of carbonyl (C=O) groups excluding carboxylic acids is 2. The van der Waals surface area contributed by atoms with E-state index in [1.165, 1.54) is 11.8 Å². The summed E-state index contributed by atoms with van der Waals surface area (Å²) in [5.74, 6) is 0.780. The molecule has 0 aliphatic heterocycles. The van der Waals surface area contributed by atoms with Crippen LogP contribution in [-0.4, -0.2) is 33.0 Å². The van der Waals surface area contributed by atoms with E-state index in [1.807, 2.05) is 25.1 Å². The van der Waals surface area contributed by atoms with E-state index in [-0.39, 0.29) is 17.6 Å². The lowest BCUT2D eigenvalue weighted by Gasteiger charge is -2.10. The molecule has 2 heterocycles. The van der Waals surface area contributed by atoms with Crippen molar-refractivity contribution in [1.82, 2.24) is 10.1 Å². The van der Waals surface area contributed by atoms with E-state index >= 15 is 0 Å². The largest absolute Gasteiger partial charge is 0.360 e. The number of fused-ring (bicyclic) bond motifs is 1. The van der Waals surface area contributed by atoms with Crippen molar-refractivity contribution in [3.05, 3.63) is 35.0 Å². The Morgan fingerprint density at radius 2 is 2.08 bits per heavy atom. The van der Waals surface area contributed by atoms with Crippen molar-refractivity contribution in [3.8, 4) is 0 Å². The number of hydrogen-bond acceptors (Lipinski definition) is 7. The molecule has 0 spiro atoms. The van der Waals surface area contributed by atoms with Gasteiger partial charge >= 0.3 is 0 Å². The van der Waals surface area contributed by atoms with Gasteiger partial charge < -0.3 is 15.2 Å². The number of amides is 2. The molecule has 0 bridgehead atoms. The topological polar surface area (TPSA) is 97.1 Å². The second-order valence-electron chi connectivity index (χ2n) is 5.73. The summed E-state index contributed by atoms with van der Waals surface area (Å²) in [6.45, 7) is 5.44. The first-order valence-electron chi connectivity index (χ1n) is 7.93. The van der Waals surface area contributed by atoms with Gasteiger partial charge in [0, 0.05) is 11.8 Å². The van der Waals surface area contributed by atoms with Crippen molar-refractivity contribution >= 4 is 56.6 Å². The number of aryl methyl sites for hydroxylation is 2. The van der Waals surface area contributed by atoms with Crippen molar-refractivity contribution in [2.24, 2.45) is 0 Å². The molecule has 0 radical (unpaired) electrons. The van der Waals surface area contributed by atoms with Gasteiger partial charge in [0.1, 0.15) is 5.76 Å². The summed E-state index contributed by atoms with van der Waals surface area (Å²) >= 11 is 2.84. The van der Waals surface area contributed by atoms with E-state index in [0.29, 0.717) is 11.6 Å². The Morgan fingerprint density at radius 1 is 1.27 bits per heavy atom. The quantitative estimate of drug-likeness (QED) is 0.667. The zero-order valence-corrected chi connectivity index (χ0v) is 16.2. The smallest absolute Gasteiger partial charge is 0.238 e. The van der Waals surface area contributed by atoms with E-state index in [0.717, 1.165) is 20.9 Å². The van der Waals surface area contributed by atoms with Crippen molar-refractivity contribution < 1.29 is 14.1 Å². The molecule has 2 N–H and O–H groups in total. The highest BCUT2D eigenvalue weighted by molar-refractivity contribution is 8.01. The third-order valence-electron chi connectivity index (χ3n) is 3.49. The van der Waals surface area contributed by atoms with Crippen LogP contribution in [0.4, 0.5) is 11.5 Å².